The average molecular weight is 284 g/mol. The first-order chi connectivity index (χ1) is 10.2. The second-order valence-electron chi connectivity index (χ2n) is 4.90. The van der Waals surface area contributed by atoms with Crippen LogP contribution in [0, 0.1) is 5.82 Å². The van der Waals surface area contributed by atoms with Crippen LogP contribution in [0.5, 0.6) is 5.75 Å². The van der Waals surface area contributed by atoms with Crippen molar-refractivity contribution in [2.45, 2.75) is 20.1 Å². The van der Waals surface area contributed by atoms with Gasteiger partial charge in [-0.15, -0.1) is 0 Å². The Bertz CT molecular complexity index is 780. The summed E-state index contributed by atoms with van der Waals surface area (Å²) in [6, 6.07) is 12.2. The molecule has 0 atom stereocenters. The lowest BCUT2D eigenvalue weighted by atomic mass is 10.1. The van der Waals surface area contributed by atoms with E-state index in [4.69, 9.17) is 10.5 Å². The van der Waals surface area contributed by atoms with Gasteiger partial charge in [0.2, 0.25) is 0 Å². The normalized spacial score (nSPS) is 11.0. The van der Waals surface area contributed by atoms with Crippen molar-refractivity contribution in [2.24, 2.45) is 0 Å². The summed E-state index contributed by atoms with van der Waals surface area (Å²) in [7, 11) is 0. The summed E-state index contributed by atoms with van der Waals surface area (Å²) in [6.07, 6.45) is 2.02. The van der Waals surface area contributed by atoms with E-state index >= 15 is 0 Å². The maximum Gasteiger partial charge on any atom is 0.165 e. The Kier molecular flexibility index (Phi) is 3.52. The van der Waals surface area contributed by atoms with Crippen molar-refractivity contribution in [3.05, 3.63) is 60.0 Å². The number of hydrogen-bond acceptors (Lipinski definition) is 2. The molecule has 0 saturated carbocycles. The lowest BCUT2D eigenvalue weighted by molar-refractivity contribution is 0.291. The monoisotopic (exact) mass is 284 g/mol. The molecule has 0 aliphatic rings. The smallest absolute Gasteiger partial charge is 0.165 e. The highest BCUT2D eigenvalue weighted by molar-refractivity contribution is 5.94. The molecule has 2 N–H and O–H groups in total. The number of nitrogens with two attached hydrogens (primary N) is 1. The van der Waals surface area contributed by atoms with Crippen LogP contribution in [0.1, 0.15) is 12.5 Å². The van der Waals surface area contributed by atoms with E-state index < -0.39 is 0 Å². The van der Waals surface area contributed by atoms with E-state index in [1.807, 2.05) is 24.4 Å². The molecule has 21 heavy (non-hydrogen) atoms. The van der Waals surface area contributed by atoms with Crippen LogP contribution in [0.4, 0.5) is 10.1 Å². The van der Waals surface area contributed by atoms with Crippen molar-refractivity contribution in [1.29, 1.82) is 0 Å². The lowest BCUT2D eigenvalue weighted by Gasteiger charge is -2.07. The van der Waals surface area contributed by atoms with Crippen molar-refractivity contribution < 1.29 is 9.13 Å². The summed E-state index contributed by atoms with van der Waals surface area (Å²) in [5, 5.41) is 0.982. The molecule has 0 aliphatic carbocycles. The van der Waals surface area contributed by atoms with E-state index in [1.165, 1.54) is 6.07 Å². The van der Waals surface area contributed by atoms with Crippen LogP contribution in [0.25, 0.3) is 10.9 Å². The molecule has 0 bridgehead atoms. The van der Waals surface area contributed by atoms with Crippen molar-refractivity contribution in [3.63, 3.8) is 0 Å². The van der Waals surface area contributed by atoms with E-state index in [0.29, 0.717) is 12.3 Å². The molecule has 1 aromatic heterocycles. The average Bonchev–Trinajstić information content (AvgIpc) is 2.86. The SMILES string of the molecule is CCn1cc(COc2ccccc2F)c2c(N)cccc21. The third-order valence-corrected chi connectivity index (χ3v) is 3.58. The first kappa shape index (κ1) is 13.5. The Morgan fingerprint density at radius 3 is 2.71 bits per heavy atom. The highest BCUT2D eigenvalue weighted by atomic mass is 19.1. The maximum absolute atomic E-state index is 13.6. The van der Waals surface area contributed by atoms with Crippen LogP contribution in [0.3, 0.4) is 0 Å². The predicted octanol–water partition coefficient (Wildman–Crippen LogP) is 3.96. The molecule has 3 rings (SSSR count). The molecule has 0 amide bonds. The summed E-state index contributed by atoms with van der Waals surface area (Å²) < 4.78 is 21.3. The molecule has 3 aromatic rings. The van der Waals surface area contributed by atoms with E-state index in [-0.39, 0.29) is 11.6 Å². The summed E-state index contributed by atoms with van der Waals surface area (Å²) in [6.45, 7) is 3.21. The Balaban J connectivity index is 1.96. The molecule has 2 aromatic carbocycles. The maximum atomic E-state index is 13.6. The van der Waals surface area contributed by atoms with Crippen LogP contribution in [0.15, 0.2) is 48.7 Å². The molecule has 0 radical (unpaired) electrons. The first-order valence-corrected chi connectivity index (χ1v) is 6.94. The highest BCUT2D eigenvalue weighted by Gasteiger charge is 2.11. The second kappa shape index (κ2) is 5.48. The summed E-state index contributed by atoms with van der Waals surface area (Å²) >= 11 is 0. The van der Waals surface area contributed by atoms with Gasteiger partial charge in [-0.1, -0.05) is 18.2 Å². The van der Waals surface area contributed by atoms with Crippen molar-refractivity contribution in [3.8, 4) is 5.75 Å². The van der Waals surface area contributed by atoms with Gasteiger partial charge in [0.25, 0.3) is 0 Å². The van der Waals surface area contributed by atoms with Gasteiger partial charge in [0, 0.05) is 29.4 Å². The predicted molar refractivity (Wildman–Crippen MR) is 82.8 cm³/mol. The van der Waals surface area contributed by atoms with E-state index in [9.17, 15) is 4.39 Å². The van der Waals surface area contributed by atoms with Crippen LogP contribution in [0.2, 0.25) is 0 Å². The molecule has 0 saturated heterocycles. The molecule has 0 unspecified atom stereocenters. The lowest BCUT2D eigenvalue weighted by Crippen LogP contribution is -1.97. The number of fused-ring (bicyclic) bond motifs is 1. The largest absolute Gasteiger partial charge is 0.486 e. The number of hydrogen-bond donors (Lipinski definition) is 1. The Labute approximate surface area is 122 Å². The standard InChI is InChI=1S/C17H17FN2O/c1-2-20-10-12(17-14(19)7-5-8-15(17)20)11-21-16-9-4-3-6-13(16)18/h3-10H,2,11,19H2,1H3. The quantitative estimate of drug-likeness (QED) is 0.737. The van der Waals surface area contributed by atoms with Gasteiger partial charge in [0.15, 0.2) is 11.6 Å². The molecule has 3 nitrogen and oxygen atoms in total. The molecular formula is C17H17FN2O. The number of benzene rings is 2. The van der Waals surface area contributed by atoms with Gasteiger partial charge in [-0.05, 0) is 31.2 Å². The molecule has 108 valence electrons. The van der Waals surface area contributed by atoms with Crippen LogP contribution in [-0.2, 0) is 13.2 Å². The highest BCUT2D eigenvalue weighted by Crippen LogP contribution is 2.28. The first-order valence-electron chi connectivity index (χ1n) is 6.94. The number of anilines is 1. The van der Waals surface area contributed by atoms with Crippen LogP contribution < -0.4 is 10.5 Å². The Morgan fingerprint density at radius 1 is 1.14 bits per heavy atom. The van der Waals surface area contributed by atoms with Crippen LogP contribution in [-0.4, -0.2) is 4.57 Å². The van der Waals surface area contributed by atoms with Crippen molar-refractivity contribution >= 4 is 16.6 Å². The Hall–Kier alpha value is -2.49. The number of nitrogen functional groups attached to an aromatic ring is 1. The minimum atomic E-state index is -0.357. The minimum Gasteiger partial charge on any atom is -0.486 e. The van der Waals surface area contributed by atoms with E-state index in [1.54, 1.807) is 18.2 Å². The number of aryl methyl sites for hydroxylation is 1. The van der Waals surface area contributed by atoms with Crippen molar-refractivity contribution in [2.75, 3.05) is 5.73 Å². The topological polar surface area (TPSA) is 40.2 Å². The minimum absolute atomic E-state index is 0.254. The van der Waals surface area contributed by atoms with Gasteiger partial charge in [0.05, 0.1) is 5.52 Å². The van der Waals surface area contributed by atoms with Gasteiger partial charge in [-0.3, -0.25) is 0 Å². The fourth-order valence-electron chi connectivity index (χ4n) is 2.56. The number of aromatic nitrogens is 1. The molecule has 0 fully saturated rings. The third-order valence-electron chi connectivity index (χ3n) is 3.58. The number of ether oxygens (including phenoxy) is 1. The zero-order chi connectivity index (χ0) is 14.8. The van der Waals surface area contributed by atoms with Crippen molar-refractivity contribution in [1.82, 2.24) is 4.57 Å². The van der Waals surface area contributed by atoms with Gasteiger partial charge < -0.3 is 15.0 Å². The number of halogens is 1. The fraction of sp³-hybridized carbons (Fsp3) is 0.176. The zero-order valence-electron chi connectivity index (χ0n) is 11.8. The van der Waals surface area contributed by atoms with Gasteiger partial charge in [-0.2, -0.15) is 0 Å². The number of rotatable bonds is 4. The zero-order valence-corrected chi connectivity index (χ0v) is 11.8. The number of nitrogens with zero attached hydrogens (tertiary/aromatic N) is 1. The number of para-hydroxylation sites is 1. The summed E-state index contributed by atoms with van der Waals surface area (Å²) in [5.41, 5.74) is 8.84. The Morgan fingerprint density at radius 2 is 1.95 bits per heavy atom. The van der Waals surface area contributed by atoms with Gasteiger partial charge >= 0.3 is 0 Å². The molecule has 4 heteroatoms. The fourth-order valence-corrected chi connectivity index (χ4v) is 2.56. The van der Waals surface area contributed by atoms with E-state index in [0.717, 1.165) is 23.0 Å². The molecule has 0 spiro atoms. The molecule has 1 heterocycles. The van der Waals surface area contributed by atoms with Gasteiger partial charge in [0.1, 0.15) is 6.61 Å². The molecule has 0 aliphatic heterocycles. The summed E-state index contributed by atoms with van der Waals surface area (Å²) in [4.78, 5) is 0. The molecular weight excluding hydrogens is 267 g/mol. The van der Waals surface area contributed by atoms with Crippen LogP contribution >= 0.6 is 0 Å². The van der Waals surface area contributed by atoms with E-state index in [2.05, 4.69) is 11.5 Å². The third kappa shape index (κ3) is 2.44. The van der Waals surface area contributed by atoms with Gasteiger partial charge in [-0.25, -0.2) is 4.39 Å². The second-order valence-corrected chi connectivity index (χ2v) is 4.90. The summed E-state index contributed by atoms with van der Waals surface area (Å²) in [5.74, 6) is -0.103.